The van der Waals surface area contributed by atoms with Gasteiger partial charge in [-0.1, -0.05) is 0 Å². The summed E-state index contributed by atoms with van der Waals surface area (Å²) in [6, 6.07) is -0.466. The van der Waals surface area contributed by atoms with Crippen LogP contribution in [0.15, 0.2) is 0 Å². The van der Waals surface area contributed by atoms with Crippen LogP contribution >= 0.6 is 0 Å². The summed E-state index contributed by atoms with van der Waals surface area (Å²) in [7, 11) is 0. The molecular weight excluding hydrogens is 302 g/mol. The second-order valence-corrected chi connectivity index (χ2v) is 7.16. The van der Waals surface area contributed by atoms with Crippen molar-refractivity contribution in [1.29, 1.82) is 0 Å². The number of rotatable bonds is 7. The van der Waals surface area contributed by atoms with Gasteiger partial charge >= 0.3 is 12.2 Å². The number of alkyl carbamates (subject to hydrolysis) is 2. The van der Waals surface area contributed by atoms with E-state index in [2.05, 4.69) is 16.0 Å². The first kappa shape index (κ1) is 21.5. The first-order chi connectivity index (χ1) is 10.4. The molecule has 4 N–H and O–H groups in total. The molecule has 2 amide bonds. The van der Waals surface area contributed by atoms with E-state index in [0.29, 0.717) is 19.6 Å². The van der Waals surface area contributed by atoms with E-state index >= 15 is 0 Å². The van der Waals surface area contributed by atoms with Crippen molar-refractivity contribution < 1.29 is 24.2 Å². The Kier molecular flexibility index (Phi) is 8.93. The van der Waals surface area contributed by atoms with Crippen LogP contribution in [0.25, 0.3) is 0 Å². The highest BCUT2D eigenvalue weighted by Gasteiger charge is 2.19. The van der Waals surface area contributed by atoms with Gasteiger partial charge in [0.05, 0.1) is 12.6 Å². The average molecular weight is 333 g/mol. The van der Waals surface area contributed by atoms with Gasteiger partial charge in [0.25, 0.3) is 0 Å². The van der Waals surface area contributed by atoms with Gasteiger partial charge in [0, 0.05) is 19.6 Å². The number of aliphatic hydroxyl groups is 1. The number of ether oxygens (including phenoxy) is 2. The van der Waals surface area contributed by atoms with Crippen molar-refractivity contribution in [3.63, 3.8) is 0 Å². The van der Waals surface area contributed by atoms with Crippen LogP contribution in [-0.2, 0) is 9.47 Å². The van der Waals surface area contributed by atoms with E-state index in [0.717, 1.165) is 0 Å². The highest BCUT2D eigenvalue weighted by molar-refractivity contribution is 5.68. The average Bonchev–Trinajstić information content (AvgIpc) is 2.32. The van der Waals surface area contributed by atoms with E-state index < -0.39 is 29.4 Å². The molecule has 136 valence electrons. The lowest BCUT2D eigenvalue weighted by Crippen LogP contribution is -2.47. The number of nitrogens with one attached hydrogen (secondary N) is 3. The monoisotopic (exact) mass is 333 g/mol. The molecule has 0 aromatic carbocycles. The first-order valence-corrected chi connectivity index (χ1v) is 7.71. The quantitative estimate of drug-likeness (QED) is 0.517. The maximum absolute atomic E-state index is 11.6. The summed E-state index contributed by atoms with van der Waals surface area (Å²) in [4.78, 5) is 23.0. The van der Waals surface area contributed by atoms with Crippen LogP contribution < -0.4 is 16.0 Å². The molecule has 0 fully saturated rings. The van der Waals surface area contributed by atoms with Crippen LogP contribution in [0, 0.1) is 0 Å². The summed E-state index contributed by atoms with van der Waals surface area (Å²) in [6.07, 6.45) is -1.06. The molecule has 0 spiro atoms. The maximum atomic E-state index is 11.6. The Hall–Kier alpha value is -1.54. The molecule has 23 heavy (non-hydrogen) atoms. The van der Waals surface area contributed by atoms with Gasteiger partial charge < -0.3 is 30.5 Å². The first-order valence-electron chi connectivity index (χ1n) is 7.71. The molecule has 0 rings (SSSR count). The van der Waals surface area contributed by atoms with Gasteiger partial charge in [-0.2, -0.15) is 0 Å². The standard InChI is InChI=1S/C15H31N3O5/c1-14(2,3)22-12(20)17-8-7-16-9-11(10-19)18-13(21)23-15(4,5)6/h11,16,19H,7-10H2,1-6H3,(H,17,20)(H,18,21)/t11-/m1/s1. The van der Waals surface area contributed by atoms with Crippen LogP contribution in [0.2, 0.25) is 0 Å². The predicted molar refractivity (Wildman–Crippen MR) is 87.3 cm³/mol. The van der Waals surface area contributed by atoms with Gasteiger partial charge in [-0.15, -0.1) is 0 Å². The second kappa shape index (κ2) is 9.57. The maximum Gasteiger partial charge on any atom is 0.407 e. The molecular formula is C15H31N3O5. The summed E-state index contributed by atoms with van der Waals surface area (Å²) < 4.78 is 10.2. The van der Waals surface area contributed by atoms with E-state index in [1.165, 1.54) is 0 Å². The summed E-state index contributed by atoms with van der Waals surface area (Å²) in [5, 5.41) is 17.4. The zero-order valence-corrected chi connectivity index (χ0v) is 15.0. The highest BCUT2D eigenvalue weighted by atomic mass is 16.6. The Bertz CT molecular complexity index is 374. The topological polar surface area (TPSA) is 109 Å². The molecule has 8 nitrogen and oxygen atoms in total. The Labute approximate surface area is 138 Å². The Morgan fingerprint density at radius 1 is 0.957 bits per heavy atom. The number of aliphatic hydroxyl groups excluding tert-OH is 1. The highest BCUT2D eigenvalue weighted by Crippen LogP contribution is 2.07. The van der Waals surface area contributed by atoms with Crippen molar-refractivity contribution in [3.05, 3.63) is 0 Å². The van der Waals surface area contributed by atoms with Crippen molar-refractivity contribution in [2.75, 3.05) is 26.2 Å². The molecule has 0 aliphatic rings. The predicted octanol–water partition coefficient (Wildman–Crippen LogP) is 0.986. The minimum atomic E-state index is -0.588. The summed E-state index contributed by atoms with van der Waals surface area (Å²) >= 11 is 0. The Morgan fingerprint density at radius 3 is 1.96 bits per heavy atom. The van der Waals surface area contributed by atoms with Crippen LogP contribution in [0.1, 0.15) is 41.5 Å². The molecule has 1 atom stereocenters. The third kappa shape index (κ3) is 13.8. The van der Waals surface area contributed by atoms with E-state index in [4.69, 9.17) is 9.47 Å². The summed E-state index contributed by atoms with van der Waals surface area (Å²) in [6.45, 7) is 11.7. The third-order valence-electron chi connectivity index (χ3n) is 2.30. The molecule has 0 bridgehead atoms. The fourth-order valence-corrected chi connectivity index (χ4v) is 1.48. The molecule has 0 aromatic heterocycles. The lowest BCUT2D eigenvalue weighted by atomic mass is 10.2. The van der Waals surface area contributed by atoms with Crippen molar-refractivity contribution in [3.8, 4) is 0 Å². The van der Waals surface area contributed by atoms with Gasteiger partial charge in [-0.3, -0.25) is 0 Å². The third-order valence-corrected chi connectivity index (χ3v) is 2.30. The summed E-state index contributed by atoms with van der Waals surface area (Å²) in [5.41, 5.74) is -1.12. The number of hydrogen-bond acceptors (Lipinski definition) is 6. The Morgan fingerprint density at radius 2 is 1.48 bits per heavy atom. The van der Waals surface area contributed by atoms with E-state index in [9.17, 15) is 14.7 Å². The van der Waals surface area contributed by atoms with E-state index in [-0.39, 0.29) is 6.61 Å². The molecule has 8 heteroatoms. The van der Waals surface area contributed by atoms with Gasteiger partial charge in [0.2, 0.25) is 0 Å². The molecule has 0 saturated carbocycles. The molecule has 0 unspecified atom stereocenters. The van der Waals surface area contributed by atoms with Crippen molar-refractivity contribution in [1.82, 2.24) is 16.0 Å². The fourth-order valence-electron chi connectivity index (χ4n) is 1.48. The number of hydrogen-bond donors (Lipinski definition) is 4. The van der Waals surface area contributed by atoms with Crippen LogP contribution in [0.5, 0.6) is 0 Å². The van der Waals surface area contributed by atoms with E-state index in [1.54, 1.807) is 41.5 Å². The molecule has 0 saturated heterocycles. The SMILES string of the molecule is CC(C)(C)OC(=O)NCCNC[C@H](CO)NC(=O)OC(C)(C)C. The van der Waals surface area contributed by atoms with Gasteiger partial charge in [0.1, 0.15) is 11.2 Å². The van der Waals surface area contributed by atoms with Crippen LogP contribution in [0.3, 0.4) is 0 Å². The number of amides is 2. The van der Waals surface area contributed by atoms with Crippen LogP contribution in [0.4, 0.5) is 9.59 Å². The smallest absolute Gasteiger partial charge is 0.407 e. The lowest BCUT2D eigenvalue weighted by Gasteiger charge is -2.23. The number of carbonyl (C=O) groups excluding carboxylic acids is 2. The Balaban J connectivity index is 3.88. The molecule has 0 aliphatic heterocycles. The van der Waals surface area contributed by atoms with Crippen LogP contribution in [-0.4, -0.2) is 60.8 Å². The molecule has 0 radical (unpaired) electrons. The number of carbonyl (C=O) groups is 2. The largest absolute Gasteiger partial charge is 0.444 e. The second-order valence-electron chi connectivity index (χ2n) is 7.16. The van der Waals surface area contributed by atoms with Gasteiger partial charge in [-0.25, -0.2) is 9.59 Å². The van der Waals surface area contributed by atoms with Gasteiger partial charge in [-0.05, 0) is 41.5 Å². The molecule has 0 heterocycles. The van der Waals surface area contributed by atoms with Crippen molar-refractivity contribution >= 4 is 12.2 Å². The van der Waals surface area contributed by atoms with Gasteiger partial charge in [0.15, 0.2) is 0 Å². The van der Waals surface area contributed by atoms with Crippen molar-refractivity contribution in [2.24, 2.45) is 0 Å². The lowest BCUT2D eigenvalue weighted by molar-refractivity contribution is 0.0482. The fraction of sp³-hybridized carbons (Fsp3) is 0.867. The zero-order valence-electron chi connectivity index (χ0n) is 15.0. The minimum absolute atomic E-state index is 0.217. The van der Waals surface area contributed by atoms with E-state index in [1.807, 2.05) is 0 Å². The molecule has 0 aromatic rings. The summed E-state index contributed by atoms with van der Waals surface area (Å²) in [5.74, 6) is 0. The normalized spacial score (nSPS) is 13.2. The van der Waals surface area contributed by atoms with Crippen molar-refractivity contribution in [2.45, 2.75) is 58.8 Å². The molecule has 0 aliphatic carbocycles. The zero-order chi connectivity index (χ0) is 18.1. The minimum Gasteiger partial charge on any atom is -0.444 e.